The van der Waals surface area contributed by atoms with Crippen LogP contribution in [0.1, 0.15) is 23.6 Å². The lowest BCUT2D eigenvalue weighted by molar-refractivity contribution is -0.385. The van der Waals surface area contributed by atoms with Gasteiger partial charge in [0, 0.05) is 31.6 Å². The summed E-state index contributed by atoms with van der Waals surface area (Å²) in [6.07, 6.45) is 0.329. The van der Waals surface area contributed by atoms with Gasteiger partial charge in [0.25, 0.3) is 5.91 Å². The third-order valence-corrected chi connectivity index (χ3v) is 5.77. The Kier molecular flexibility index (Phi) is 9.60. The fraction of sp³-hybridized carbons (Fsp3) is 0.286. The number of ether oxygens (including phenoxy) is 2. The number of aryl methyl sites for hydroxylation is 1. The molecule has 9 nitrogen and oxygen atoms in total. The molecule has 37 heavy (non-hydrogen) atoms. The predicted octanol–water partition coefficient (Wildman–Crippen LogP) is 4.07. The first-order valence-corrected chi connectivity index (χ1v) is 11.9. The topological polar surface area (TPSA) is 111 Å². The van der Waals surface area contributed by atoms with Gasteiger partial charge in [-0.3, -0.25) is 19.7 Å². The average molecular weight is 506 g/mol. The maximum atomic E-state index is 13.6. The quantitative estimate of drug-likeness (QED) is 0.293. The van der Waals surface area contributed by atoms with Crippen molar-refractivity contribution in [3.8, 4) is 11.5 Å². The molecule has 0 aliphatic carbocycles. The first-order chi connectivity index (χ1) is 17.8. The molecule has 194 valence electrons. The van der Waals surface area contributed by atoms with E-state index < -0.39 is 16.9 Å². The second kappa shape index (κ2) is 13.1. The molecule has 0 saturated carbocycles. The molecule has 0 radical (unpaired) electrons. The molecule has 3 rings (SSSR count). The molecule has 1 atom stereocenters. The van der Waals surface area contributed by atoms with Crippen molar-refractivity contribution in [1.29, 1.82) is 0 Å². The molecular weight excluding hydrogens is 474 g/mol. The third kappa shape index (κ3) is 7.54. The highest BCUT2D eigenvalue weighted by Crippen LogP contribution is 2.30. The molecule has 0 spiro atoms. The Morgan fingerprint density at radius 1 is 1.03 bits per heavy atom. The molecular formula is C28H31N3O6. The SMILES string of the molecule is CCNC(=O)[C@H](Cc1ccccc1)N(Cc1cccc(C)c1)C(=O)COc1ccc([N+](=O)[O-])c(OC)c1. The average Bonchev–Trinajstić information content (AvgIpc) is 2.89. The van der Waals surface area contributed by atoms with E-state index in [1.165, 1.54) is 30.2 Å². The normalized spacial score (nSPS) is 11.3. The van der Waals surface area contributed by atoms with E-state index in [1.54, 1.807) is 0 Å². The van der Waals surface area contributed by atoms with E-state index in [4.69, 9.17) is 9.47 Å². The van der Waals surface area contributed by atoms with Crippen molar-refractivity contribution < 1.29 is 24.0 Å². The molecule has 0 unspecified atom stereocenters. The number of rotatable bonds is 12. The molecule has 0 bridgehead atoms. The number of methoxy groups -OCH3 is 1. The van der Waals surface area contributed by atoms with E-state index >= 15 is 0 Å². The van der Waals surface area contributed by atoms with E-state index in [-0.39, 0.29) is 36.2 Å². The number of benzene rings is 3. The smallest absolute Gasteiger partial charge is 0.311 e. The van der Waals surface area contributed by atoms with Gasteiger partial charge in [-0.25, -0.2) is 0 Å². The highest BCUT2D eigenvalue weighted by molar-refractivity contribution is 5.88. The number of nitro groups is 1. The van der Waals surface area contributed by atoms with Gasteiger partial charge in [0.2, 0.25) is 11.7 Å². The van der Waals surface area contributed by atoms with E-state index in [1.807, 2.05) is 68.4 Å². The Balaban J connectivity index is 1.89. The first-order valence-electron chi connectivity index (χ1n) is 11.9. The molecule has 0 saturated heterocycles. The van der Waals surface area contributed by atoms with E-state index in [0.29, 0.717) is 13.0 Å². The van der Waals surface area contributed by atoms with Crippen LogP contribution < -0.4 is 14.8 Å². The second-order valence-corrected chi connectivity index (χ2v) is 8.49. The molecule has 0 heterocycles. The molecule has 3 aromatic carbocycles. The highest BCUT2D eigenvalue weighted by atomic mass is 16.6. The van der Waals surface area contributed by atoms with Gasteiger partial charge in [0.15, 0.2) is 6.61 Å². The largest absolute Gasteiger partial charge is 0.490 e. The Hall–Kier alpha value is -4.40. The summed E-state index contributed by atoms with van der Waals surface area (Å²) in [7, 11) is 1.32. The number of carbonyl (C=O) groups is 2. The lowest BCUT2D eigenvalue weighted by Crippen LogP contribution is -2.51. The van der Waals surface area contributed by atoms with Crippen molar-refractivity contribution in [2.45, 2.75) is 32.9 Å². The lowest BCUT2D eigenvalue weighted by Gasteiger charge is -2.31. The Morgan fingerprint density at radius 3 is 2.41 bits per heavy atom. The fourth-order valence-corrected chi connectivity index (χ4v) is 3.98. The Bertz CT molecular complexity index is 1230. The predicted molar refractivity (Wildman–Crippen MR) is 139 cm³/mol. The van der Waals surface area contributed by atoms with Crippen molar-refractivity contribution >= 4 is 17.5 Å². The van der Waals surface area contributed by atoms with Crippen LogP contribution in [0.2, 0.25) is 0 Å². The number of hydrogen-bond donors (Lipinski definition) is 1. The standard InChI is InChI=1S/C28H31N3O6/c1-4-29-28(33)25(16-21-10-6-5-7-11-21)30(18-22-12-8-9-20(2)15-22)27(32)19-37-23-13-14-24(31(34)35)26(17-23)36-3/h5-15,17,25H,4,16,18-19H2,1-3H3,(H,29,33)/t25-/m0/s1. The van der Waals surface area contributed by atoms with Crippen LogP contribution in [-0.2, 0) is 22.6 Å². The van der Waals surface area contributed by atoms with E-state index in [2.05, 4.69) is 5.32 Å². The number of nitrogens with one attached hydrogen (secondary N) is 1. The molecule has 0 aromatic heterocycles. The summed E-state index contributed by atoms with van der Waals surface area (Å²) in [6, 6.07) is 20.5. The minimum atomic E-state index is -0.773. The van der Waals surface area contributed by atoms with Crippen LogP contribution in [0.5, 0.6) is 11.5 Å². The van der Waals surface area contributed by atoms with Gasteiger partial charge in [0.1, 0.15) is 11.8 Å². The Labute approximate surface area is 216 Å². The summed E-state index contributed by atoms with van der Waals surface area (Å²) in [5.74, 6) is -0.393. The van der Waals surface area contributed by atoms with Crippen molar-refractivity contribution in [2.75, 3.05) is 20.3 Å². The lowest BCUT2D eigenvalue weighted by atomic mass is 10.0. The number of nitro benzene ring substituents is 1. The first kappa shape index (κ1) is 27.2. The zero-order valence-corrected chi connectivity index (χ0v) is 21.2. The second-order valence-electron chi connectivity index (χ2n) is 8.49. The molecule has 0 aliphatic heterocycles. The maximum Gasteiger partial charge on any atom is 0.311 e. The van der Waals surface area contributed by atoms with Gasteiger partial charge in [-0.05, 0) is 31.0 Å². The van der Waals surface area contributed by atoms with Gasteiger partial charge in [0.05, 0.1) is 12.0 Å². The summed E-state index contributed by atoms with van der Waals surface area (Å²) in [5.41, 5.74) is 2.63. The van der Waals surface area contributed by atoms with Crippen LogP contribution in [0.15, 0.2) is 72.8 Å². The van der Waals surface area contributed by atoms with Crippen LogP contribution in [-0.4, -0.2) is 47.9 Å². The fourth-order valence-electron chi connectivity index (χ4n) is 3.98. The van der Waals surface area contributed by atoms with Crippen LogP contribution >= 0.6 is 0 Å². The molecule has 0 fully saturated rings. The van der Waals surface area contributed by atoms with E-state index in [0.717, 1.165) is 16.7 Å². The zero-order chi connectivity index (χ0) is 26.8. The molecule has 0 aliphatic rings. The van der Waals surface area contributed by atoms with Crippen LogP contribution in [0.4, 0.5) is 5.69 Å². The van der Waals surface area contributed by atoms with Crippen LogP contribution in [0, 0.1) is 17.0 Å². The van der Waals surface area contributed by atoms with Gasteiger partial charge < -0.3 is 19.7 Å². The van der Waals surface area contributed by atoms with Gasteiger partial charge in [-0.1, -0.05) is 60.2 Å². The van der Waals surface area contributed by atoms with Crippen LogP contribution in [0.3, 0.4) is 0 Å². The van der Waals surface area contributed by atoms with Gasteiger partial charge in [-0.15, -0.1) is 0 Å². The highest BCUT2D eigenvalue weighted by Gasteiger charge is 2.30. The number of likely N-dealkylation sites (N-methyl/N-ethyl adjacent to an activating group) is 1. The summed E-state index contributed by atoms with van der Waals surface area (Å²) >= 11 is 0. The zero-order valence-electron chi connectivity index (χ0n) is 21.2. The number of hydrogen-bond acceptors (Lipinski definition) is 6. The molecule has 3 aromatic rings. The van der Waals surface area contributed by atoms with Crippen molar-refractivity contribution in [3.05, 3.63) is 99.6 Å². The number of amides is 2. The van der Waals surface area contributed by atoms with Crippen molar-refractivity contribution in [3.63, 3.8) is 0 Å². The third-order valence-electron chi connectivity index (χ3n) is 5.77. The summed E-state index contributed by atoms with van der Waals surface area (Å²) in [4.78, 5) is 38.9. The van der Waals surface area contributed by atoms with Crippen molar-refractivity contribution in [1.82, 2.24) is 10.2 Å². The van der Waals surface area contributed by atoms with Crippen molar-refractivity contribution in [2.24, 2.45) is 0 Å². The monoisotopic (exact) mass is 505 g/mol. The maximum absolute atomic E-state index is 13.6. The summed E-state index contributed by atoms with van der Waals surface area (Å²) < 4.78 is 10.8. The summed E-state index contributed by atoms with van der Waals surface area (Å²) in [5, 5.41) is 14.0. The molecule has 1 N–H and O–H groups in total. The number of carbonyl (C=O) groups excluding carboxylic acids is 2. The minimum absolute atomic E-state index is 0.0239. The van der Waals surface area contributed by atoms with Crippen LogP contribution in [0.25, 0.3) is 0 Å². The minimum Gasteiger partial charge on any atom is -0.490 e. The van der Waals surface area contributed by atoms with E-state index in [9.17, 15) is 19.7 Å². The molecule has 9 heteroatoms. The Morgan fingerprint density at radius 2 is 1.76 bits per heavy atom. The number of nitrogens with zero attached hydrogens (tertiary/aromatic N) is 2. The van der Waals surface area contributed by atoms with Gasteiger partial charge >= 0.3 is 5.69 Å². The van der Waals surface area contributed by atoms with Gasteiger partial charge in [-0.2, -0.15) is 0 Å². The summed E-state index contributed by atoms with van der Waals surface area (Å²) in [6.45, 7) is 4.07. The molecule has 2 amide bonds.